The summed E-state index contributed by atoms with van der Waals surface area (Å²) in [7, 11) is 0. The van der Waals surface area contributed by atoms with Crippen LogP contribution in [0.5, 0.6) is 0 Å². The molecule has 0 saturated carbocycles. The Morgan fingerprint density at radius 1 is 1.32 bits per heavy atom. The second kappa shape index (κ2) is 8.22. The molecule has 1 aliphatic rings. The number of carbonyl (C=O) groups excluding carboxylic acids is 2. The van der Waals surface area contributed by atoms with Gasteiger partial charge in [0.1, 0.15) is 0 Å². The normalized spacial score (nSPS) is 17.8. The van der Waals surface area contributed by atoms with Crippen LogP contribution in [0.2, 0.25) is 0 Å². The minimum absolute atomic E-state index is 0.00712. The van der Waals surface area contributed by atoms with Gasteiger partial charge in [0, 0.05) is 30.1 Å². The number of nitrogens with one attached hydrogen (secondary N) is 1. The number of carbonyl (C=O) groups is 2. The van der Waals surface area contributed by atoms with Crippen LogP contribution in [0.1, 0.15) is 32.6 Å². The monoisotopic (exact) mass is 320 g/mol. The summed E-state index contributed by atoms with van der Waals surface area (Å²) in [6.07, 6.45) is 5.59. The molecule has 2 amide bonds. The summed E-state index contributed by atoms with van der Waals surface area (Å²) >= 11 is 1.67. The molecule has 1 atom stereocenters. The summed E-state index contributed by atoms with van der Waals surface area (Å²) in [5.74, 6) is -0.187. The summed E-state index contributed by atoms with van der Waals surface area (Å²) in [5.41, 5.74) is 0.879. The molecule has 1 unspecified atom stereocenters. The van der Waals surface area contributed by atoms with E-state index in [4.69, 9.17) is 0 Å². The number of hydrogen-bond donors (Lipinski definition) is 1. The molecule has 5 heteroatoms. The van der Waals surface area contributed by atoms with Gasteiger partial charge in [-0.25, -0.2) is 0 Å². The van der Waals surface area contributed by atoms with Crippen LogP contribution in [0.3, 0.4) is 0 Å². The highest BCUT2D eigenvalue weighted by atomic mass is 32.2. The van der Waals surface area contributed by atoms with Crippen LogP contribution >= 0.6 is 11.8 Å². The standard InChI is InChI=1S/C17H24N2O2S/c1-3-4-5-10-18-17(21)13-11-16(20)19(12-13)14-6-8-15(22-2)9-7-14/h6-9,13H,3-5,10-12H2,1-2H3,(H,18,21). The lowest BCUT2D eigenvalue weighted by atomic mass is 10.1. The van der Waals surface area contributed by atoms with E-state index in [9.17, 15) is 9.59 Å². The molecule has 4 nitrogen and oxygen atoms in total. The van der Waals surface area contributed by atoms with Crippen molar-refractivity contribution in [3.05, 3.63) is 24.3 Å². The van der Waals surface area contributed by atoms with Crippen molar-refractivity contribution in [2.45, 2.75) is 37.5 Å². The quantitative estimate of drug-likeness (QED) is 0.620. The van der Waals surface area contributed by atoms with Crippen molar-refractivity contribution in [1.29, 1.82) is 0 Å². The lowest BCUT2D eigenvalue weighted by Gasteiger charge is -2.17. The van der Waals surface area contributed by atoms with E-state index in [1.807, 2.05) is 30.5 Å². The number of unbranched alkanes of at least 4 members (excludes halogenated alkanes) is 2. The molecular formula is C17H24N2O2S. The van der Waals surface area contributed by atoms with Gasteiger partial charge in [0.15, 0.2) is 0 Å². The third-order valence-electron chi connectivity index (χ3n) is 3.96. The predicted octanol–water partition coefficient (Wildman–Crippen LogP) is 3.07. The minimum atomic E-state index is -0.227. The first-order chi connectivity index (χ1) is 10.7. The van der Waals surface area contributed by atoms with Crippen LogP contribution in [0.15, 0.2) is 29.2 Å². The molecule has 1 N–H and O–H groups in total. The van der Waals surface area contributed by atoms with Gasteiger partial charge in [-0.15, -0.1) is 11.8 Å². The van der Waals surface area contributed by atoms with Crippen LogP contribution < -0.4 is 10.2 Å². The molecule has 2 rings (SSSR count). The van der Waals surface area contributed by atoms with Crippen LogP contribution in [0.4, 0.5) is 5.69 Å². The molecule has 22 heavy (non-hydrogen) atoms. The fraction of sp³-hybridized carbons (Fsp3) is 0.529. The third-order valence-corrected chi connectivity index (χ3v) is 4.70. The number of hydrogen-bond acceptors (Lipinski definition) is 3. The molecule has 1 fully saturated rings. The summed E-state index contributed by atoms with van der Waals surface area (Å²) in [6, 6.07) is 7.91. The summed E-state index contributed by atoms with van der Waals surface area (Å²) in [4.78, 5) is 27.2. The van der Waals surface area contributed by atoms with Gasteiger partial charge in [-0.1, -0.05) is 19.8 Å². The van der Waals surface area contributed by atoms with Crippen molar-refractivity contribution < 1.29 is 9.59 Å². The number of nitrogens with zero attached hydrogens (tertiary/aromatic N) is 1. The van der Waals surface area contributed by atoms with Crippen LogP contribution in [0.25, 0.3) is 0 Å². The van der Waals surface area contributed by atoms with Gasteiger partial charge in [-0.05, 0) is 36.9 Å². The summed E-state index contributed by atoms with van der Waals surface area (Å²) in [6.45, 7) is 3.33. The fourth-order valence-corrected chi connectivity index (χ4v) is 3.03. The number of benzene rings is 1. The predicted molar refractivity (Wildman–Crippen MR) is 91.2 cm³/mol. The van der Waals surface area contributed by atoms with Crippen molar-refractivity contribution >= 4 is 29.3 Å². The largest absolute Gasteiger partial charge is 0.356 e. The summed E-state index contributed by atoms with van der Waals surface area (Å²) < 4.78 is 0. The van der Waals surface area contributed by atoms with Crippen molar-refractivity contribution in [2.24, 2.45) is 5.92 Å². The highest BCUT2D eigenvalue weighted by molar-refractivity contribution is 7.98. The molecule has 0 aromatic heterocycles. The van der Waals surface area contributed by atoms with Crippen LogP contribution in [0, 0.1) is 5.92 Å². The van der Waals surface area contributed by atoms with Crippen LogP contribution in [-0.2, 0) is 9.59 Å². The topological polar surface area (TPSA) is 49.4 Å². The van der Waals surface area contributed by atoms with Gasteiger partial charge in [0.05, 0.1) is 5.92 Å². The minimum Gasteiger partial charge on any atom is -0.356 e. The number of anilines is 1. The van der Waals surface area contributed by atoms with Gasteiger partial charge < -0.3 is 10.2 Å². The average molecular weight is 320 g/mol. The Morgan fingerprint density at radius 3 is 2.68 bits per heavy atom. The van der Waals surface area contributed by atoms with E-state index in [-0.39, 0.29) is 17.7 Å². The van der Waals surface area contributed by atoms with Gasteiger partial charge in [0.25, 0.3) is 0 Å². The Bertz CT molecular complexity index is 516. The lowest BCUT2D eigenvalue weighted by Crippen LogP contribution is -2.33. The zero-order valence-corrected chi connectivity index (χ0v) is 14.1. The molecule has 0 bridgehead atoms. The van der Waals surface area contributed by atoms with E-state index < -0.39 is 0 Å². The van der Waals surface area contributed by atoms with Gasteiger partial charge >= 0.3 is 0 Å². The van der Waals surface area contributed by atoms with Crippen molar-refractivity contribution in [3.8, 4) is 0 Å². The number of rotatable bonds is 7. The molecule has 0 radical (unpaired) electrons. The van der Waals surface area contributed by atoms with Crippen molar-refractivity contribution in [3.63, 3.8) is 0 Å². The number of thioether (sulfide) groups is 1. The Hall–Kier alpha value is -1.49. The van der Waals surface area contributed by atoms with E-state index in [2.05, 4.69) is 12.2 Å². The van der Waals surface area contributed by atoms with Gasteiger partial charge in [-0.3, -0.25) is 9.59 Å². The van der Waals surface area contributed by atoms with E-state index in [1.54, 1.807) is 16.7 Å². The number of amides is 2. The highest BCUT2D eigenvalue weighted by Gasteiger charge is 2.34. The molecule has 120 valence electrons. The fourth-order valence-electron chi connectivity index (χ4n) is 2.63. The first kappa shape index (κ1) is 16.9. The second-order valence-corrected chi connectivity index (χ2v) is 6.48. The van der Waals surface area contributed by atoms with Gasteiger partial charge in [-0.2, -0.15) is 0 Å². The molecule has 1 saturated heterocycles. The first-order valence-electron chi connectivity index (χ1n) is 7.87. The second-order valence-electron chi connectivity index (χ2n) is 5.60. The van der Waals surface area contributed by atoms with E-state index >= 15 is 0 Å². The van der Waals surface area contributed by atoms with E-state index in [0.717, 1.165) is 24.9 Å². The maximum absolute atomic E-state index is 12.2. The van der Waals surface area contributed by atoms with Gasteiger partial charge in [0.2, 0.25) is 11.8 Å². The first-order valence-corrected chi connectivity index (χ1v) is 9.10. The van der Waals surface area contributed by atoms with Crippen molar-refractivity contribution in [1.82, 2.24) is 5.32 Å². The Labute approximate surface area is 136 Å². The molecule has 1 aromatic carbocycles. The Balaban J connectivity index is 1.90. The SMILES string of the molecule is CCCCCNC(=O)C1CC(=O)N(c2ccc(SC)cc2)C1. The Morgan fingerprint density at radius 2 is 2.05 bits per heavy atom. The average Bonchev–Trinajstić information content (AvgIpc) is 2.93. The maximum atomic E-state index is 12.2. The smallest absolute Gasteiger partial charge is 0.227 e. The van der Waals surface area contributed by atoms with E-state index in [1.165, 1.54) is 4.90 Å². The van der Waals surface area contributed by atoms with E-state index in [0.29, 0.717) is 19.5 Å². The molecule has 1 heterocycles. The molecule has 1 aromatic rings. The van der Waals surface area contributed by atoms with Crippen LogP contribution in [-0.4, -0.2) is 31.2 Å². The Kier molecular flexibility index (Phi) is 6.31. The maximum Gasteiger partial charge on any atom is 0.227 e. The lowest BCUT2D eigenvalue weighted by molar-refractivity contribution is -0.126. The molecule has 0 spiro atoms. The molecular weight excluding hydrogens is 296 g/mol. The molecule has 1 aliphatic heterocycles. The highest BCUT2D eigenvalue weighted by Crippen LogP contribution is 2.27. The summed E-state index contributed by atoms with van der Waals surface area (Å²) in [5, 5.41) is 2.95. The molecule has 0 aliphatic carbocycles. The zero-order chi connectivity index (χ0) is 15.9. The third kappa shape index (κ3) is 4.26. The van der Waals surface area contributed by atoms with Crippen molar-refractivity contribution in [2.75, 3.05) is 24.2 Å². The zero-order valence-electron chi connectivity index (χ0n) is 13.3.